The predicted octanol–water partition coefficient (Wildman–Crippen LogP) is 1.24. The number of benzene rings is 1. The normalized spacial score (nSPS) is 10.1. The lowest BCUT2D eigenvalue weighted by atomic mass is 10.1. The number of nitro groups is 1. The first-order valence-corrected chi connectivity index (χ1v) is 5.52. The molecule has 0 fully saturated rings. The van der Waals surface area contributed by atoms with Gasteiger partial charge in [0.05, 0.1) is 10.5 Å². The molecule has 0 aliphatic carbocycles. The fourth-order valence-corrected chi connectivity index (χ4v) is 1.49. The van der Waals surface area contributed by atoms with E-state index in [2.05, 4.69) is 20.0 Å². The van der Waals surface area contributed by atoms with Gasteiger partial charge in [-0.2, -0.15) is 4.98 Å². The number of anilines is 1. The van der Waals surface area contributed by atoms with Gasteiger partial charge < -0.3 is 14.9 Å². The highest BCUT2D eigenvalue weighted by Gasteiger charge is 2.21. The van der Waals surface area contributed by atoms with Crippen LogP contribution in [0.15, 0.2) is 22.7 Å². The molecule has 0 atom stereocenters. The highest BCUT2D eigenvalue weighted by molar-refractivity contribution is 6.03. The largest absolute Gasteiger partial charge is 0.478 e. The van der Waals surface area contributed by atoms with Gasteiger partial charge in [0, 0.05) is 13.0 Å². The Hall–Kier alpha value is -3.30. The van der Waals surface area contributed by atoms with Crippen LogP contribution in [-0.2, 0) is 0 Å². The zero-order valence-corrected chi connectivity index (χ0v) is 10.6. The molecule has 0 saturated carbocycles. The van der Waals surface area contributed by atoms with Crippen LogP contribution in [0.3, 0.4) is 0 Å². The number of carbonyl (C=O) groups excluding carboxylic acids is 1. The smallest absolute Gasteiger partial charge is 0.335 e. The Morgan fingerprint density at radius 2 is 2.14 bits per heavy atom. The third-order valence-corrected chi connectivity index (χ3v) is 2.42. The van der Waals surface area contributed by atoms with Crippen molar-refractivity contribution in [2.24, 2.45) is 0 Å². The first-order chi connectivity index (χ1) is 9.88. The second kappa shape index (κ2) is 5.36. The Balaban J connectivity index is 2.33. The van der Waals surface area contributed by atoms with Crippen molar-refractivity contribution in [3.8, 4) is 0 Å². The maximum atomic E-state index is 11.8. The lowest BCUT2D eigenvalue weighted by molar-refractivity contribution is -0.383. The summed E-state index contributed by atoms with van der Waals surface area (Å²) in [6.45, 7) is 1.48. The molecule has 0 aliphatic heterocycles. The molecule has 2 rings (SSSR count). The molecule has 1 aromatic carbocycles. The van der Waals surface area contributed by atoms with E-state index in [0.717, 1.165) is 18.2 Å². The van der Waals surface area contributed by atoms with Crippen molar-refractivity contribution >= 4 is 23.3 Å². The number of hydrogen-bond acceptors (Lipinski definition) is 7. The highest BCUT2D eigenvalue weighted by Crippen LogP contribution is 2.26. The summed E-state index contributed by atoms with van der Waals surface area (Å²) < 4.78 is 4.62. The lowest BCUT2D eigenvalue weighted by Gasteiger charge is -2.04. The monoisotopic (exact) mass is 292 g/mol. The molecular weight excluding hydrogens is 284 g/mol. The zero-order valence-electron chi connectivity index (χ0n) is 10.6. The van der Waals surface area contributed by atoms with Crippen LogP contribution < -0.4 is 5.32 Å². The van der Waals surface area contributed by atoms with Gasteiger partial charge in [-0.1, -0.05) is 5.16 Å². The third-order valence-electron chi connectivity index (χ3n) is 2.42. The lowest BCUT2D eigenvalue weighted by Crippen LogP contribution is -2.15. The van der Waals surface area contributed by atoms with E-state index in [1.165, 1.54) is 6.92 Å². The van der Waals surface area contributed by atoms with Crippen molar-refractivity contribution in [1.82, 2.24) is 10.1 Å². The van der Waals surface area contributed by atoms with E-state index >= 15 is 0 Å². The van der Waals surface area contributed by atoms with Gasteiger partial charge in [-0.25, -0.2) is 4.79 Å². The van der Waals surface area contributed by atoms with Crippen LogP contribution in [0, 0.1) is 17.0 Å². The van der Waals surface area contributed by atoms with E-state index in [1.54, 1.807) is 0 Å². The fraction of sp³-hybridized carbons (Fsp3) is 0.0909. The second-order valence-corrected chi connectivity index (χ2v) is 3.89. The van der Waals surface area contributed by atoms with Crippen LogP contribution in [0.2, 0.25) is 0 Å². The van der Waals surface area contributed by atoms with Crippen LogP contribution in [-0.4, -0.2) is 32.0 Å². The van der Waals surface area contributed by atoms with Gasteiger partial charge in [-0.15, -0.1) is 0 Å². The number of nitrogens with one attached hydrogen (secondary N) is 1. The summed E-state index contributed by atoms with van der Waals surface area (Å²) in [5.74, 6) is -2.25. The summed E-state index contributed by atoms with van der Waals surface area (Å²) >= 11 is 0. The summed E-state index contributed by atoms with van der Waals surface area (Å²) in [4.78, 5) is 36.4. The van der Waals surface area contributed by atoms with Gasteiger partial charge in [-0.05, 0) is 12.1 Å². The van der Waals surface area contributed by atoms with Gasteiger partial charge in [0.2, 0.25) is 5.89 Å². The number of aromatic carboxylic acids is 1. The number of carbonyl (C=O) groups is 2. The Labute approximate surface area is 116 Å². The minimum atomic E-state index is -1.32. The SMILES string of the molecule is Cc1nc(C(=O)Nc2ccc(C(=O)O)cc2[N+](=O)[O-])no1. The van der Waals surface area contributed by atoms with Crippen molar-refractivity contribution in [3.63, 3.8) is 0 Å². The Morgan fingerprint density at radius 1 is 1.43 bits per heavy atom. The van der Waals surface area contributed by atoms with Crippen LogP contribution >= 0.6 is 0 Å². The molecule has 2 N–H and O–H groups in total. The first kappa shape index (κ1) is 14.1. The van der Waals surface area contributed by atoms with Crippen LogP contribution in [0.5, 0.6) is 0 Å². The average molecular weight is 292 g/mol. The van der Waals surface area contributed by atoms with E-state index in [0.29, 0.717) is 0 Å². The number of aromatic nitrogens is 2. The molecule has 108 valence electrons. The average Bonchev–Trinajstić information content (AvgIpc) is 2.85. The van der Waals surface area contributed by atoms with E-state index < -0.39 is 22.5 Å². The number of hydrogen-bond donors (Lipinski definition) is 2. The van der Waals surface area contributed by atoms with Crippen LogP contribution in [0.4, 0.5) is 11.4 Å². The van der Waals surface area contributed by atoms with Gasteiger partial charge in [0.1, 0.15) is 5.69 Å². The fourth-order valence-electron chi connectivity index (χ4n) is 1.49. The Morgan fingerprint density at radius 3 is 2.67 bits per heavy atom. The van der Waals surface area contributed by atoms with Gasteiger partial charge in [0.15, 0.2) is 0 Å². The molecule has 1 aromatic heterocycles. The summed E-state index contributed by atoms with van der Waals surface area (Å²) in [6.07, 6.45) is 0. The summed E-state index contributed by atoms with van der Waals surface area (Å²) in [5, 5.41) is 25.3. The van der Waals surface area contributed by atoms with Gasteiger partial charge in [0.25, 0.3) is 17.4 Å². The summed E-state index contributed by atoms with van der Waals surface area (Å²) in [7, 11) is 0. The molecule has 0 radical (unpaired) electrons. The number of carboxylic acid groups (broad SMARTS) is 1. The number of carboxylic acids is 1. The van der Waals surface area contributed by atoms with E-state index in [1.807, 2.05) is 0 Å². The maximum absolute atomic E-state index is 11.8. The third kappa shape index (κ3) is 3.00. The van der Waals surface area contributed by atoms with Gasteiger partial charge >= 0.3 is 5.97 Å². The number of aryl methyl sites for hydroxylation is 1. The molecule has 0 spiro atoms. The minimum absolute atomic E-state index is 0.163. The van der Waals surface area contributed by atoms with Crippen molar-refractivity contribution in [1.29, 1.82) is 0 Å². The van der Waals surface area contributed by atoms with E-state index in [-0.39, 0.29) is 23.0 Å². The van der Waals surface area contributed by atoms with Crippen molar-refractivity contribution in [2.75, 3.05) is 5.32 Å². The molecule has 10 heteroatoms. The topological polar surface area (TPSA) is 148 Å². The molecule has 1 heterocycles. The van der Waals surface area contributed by atoms with Crippen LogP contribution in [0.1, 0.15) is 26.9 Å². The number of amides is 1. The van der Waals surface area contributed by atoms with E-state index in [4.69, 9.17) is 5.11 Å². The molecule has 0 saturated heterocycles. The quantitative estimate of drug-likeness (QED) is 0.631. The second-order valence-electron chi connectivity index (χ2n) is 3.89. The standard InChI is InChI=1S/C11H8N4O6/c1-5-12-9(14-21-5)10(16)13-7-3-2-6(11(17)18)4-8(7)15(19)20/h2-4H,1H3,(H,13,16)(H,17,18). The van der Waals surface area contributed by atoms with Crippen molar-refractivity contribution < 1.29 is 24.1 Å². The van der Waals surface area contributed by atoms with Crippen molar-refractivity contribution in [3.05, 3.63) is 45.6 Å². The Bertz CT molecular complexity index is 738. The zero-order chi connectivity index (χ0) is 15.6. The highest BCUT2D eigenvalue weighted by atomic mass is 16.6. The number of rotatable bonds is 4. The molecule has 0 bridgehead atoms. The molecule has 10 nitrogen and oxygen atoms in total. The Kier molecular flexibility index (Phi) is 3.61. The summed E-state index contributed by atoms with van der Waals surface area (Å²) in [6, 6.07) is 3.10. The molecule has 0 unspecified atom stereocenters. The minimum Gasteiger partial charge on any atom is -0.478 e. The number of nitrogens with zero attached hydrogens (tertiary/aromatic N) is 3. The number of nitro benzene ring substituents is 1. The molecule has 2 aromatic rings. The molecule has 1 amide bonds. The molecular formula is C11H8N4O6. The van der Waals surface area contributed by atoms with Crippen molar-refractivity contribution in [2.45, 2.75) is 6.92 Å². The van der Waals surface area contributed by atoms with E-state index in [9.17, 15) is 19.7 Å². The molecule has 21 heavy (non-hydrogen) atoms. The molecule has 0 aliphatic rings. The van der Waals surface area contributed by atoms with Crippen LogP contribution in [0.25, 0.3) is 0 Å². The van der Waals surface area contributed by atoms with Gasteiger partial charge in [-0.3, -0.25) is 14.9 Å². The maximum Gasteiger partial charge on any atom is 0.335 e. The predicted molar refractivity (Wildman–Crippen MR) is 67.0 cm³/mol. The first-order valence-electron chi connectivity index (χ1n) is 5.52. The summed E-state index contributed by atoms with van der Waals surface area (Å²) in [5.41, 5.74) is -0.990.